The van der Waals surface area contributed by atoms with E-state index in [2.05, 4.69) is 15.8 Å². The van der Waals surface area contributed by atoms with Crippen LogP contribution in [0.5, 0.6) is 0 Å². The van der Waals surface area contributed by atoms with Gasteiger partial charge in [0.1, 0.15) is 11.7 Å². The molecule has 0 heterocycles. The third kappa shape index (κ3) is 4.92. The van der Waals surface area contributed by atoms with Gasteiger partial charge < -0.3 is 15.7 Å². The number of anilines is 1. The lowest BCUT2D eigenvalue weighted by Gasteiger charge is -2.15. The highest BCUT2D eigenvalue weighted by molar-refractivity contribution is 5.92. The molecule has 1 atom stereocenters. The number of carboxylic acid groups (broad SMARTS) is 1. The van der Waals surface area contributed by atoms with Crippen molar-refractivity contribution in [3.05, 3.63) is 65.1 Å². The molecule has 3 N–H and O–H groups in total. The molecule has 2 aromatic carbocycles. The van der Waals surface area contributed by atoms with Gasteiger partial charge in [-0.25, -0.2) is 9.59 Å². The molecule has 0 fully saturated rings. The van der Waals surface area contributed by atoms with E-state index in [1.54, 1.807) is 24.3 Å². The molecule has 1 unspecified atom stereocenters. The molecular formula is C16H15N3O4. The monoisotopic (exact) mass is 313 g/mol. The zero-order valence-corrected chi connectivity index (χ0v) is 12.1. The van der Waals surface area contributed by atoms with Crippen LogP contribution in [-0.2, 0) is 11.2 Å². The Morgan fingerprint density at radius 3 is 2.26 bits per heavy atom. The fourth-order valence-corrected chi connectivity index (χ4v) is 1.98. The summed E-state index contributed by atoms with van der Waals surface area (Å²) in [5.41, 5.74) is 1.48. The molecule has 2 amide bonds. The first-order valence-electron chi connectivity index (χ1n) is 6.86. The minimum Gasteiger partial charge on any atom is -0.480 e. The number of carboxylic acids is 1. The van der Waals surface area contributed by atoms with E-state index < -0.39 is 18.0 Å². The Bertz CT molecular complexity index is 686. The Kier molecular flexibility index (Phi) is 5.40. The number of nitrogens with zero attached hydrogens (tertiary/aromatic N) is 1. The molecule has 0 saturated carbocycles. The number of rotatable bonds is 6. The molecule has 2 rings (SSSR count). The van der Waals surface area contributed by atoms with E-state index in [9.17, 15) is 19.6 Å². The number of nitrogens with one attached hydrogen (secondary N) is 2. The largest absolute Gasteiger partial charge is 0.480 e. The van der Waals surface area contributed by atoms with Crippen LogP contribution in [0.4, 0.5) is 16.2 Å². The second-order valence-electron chi connectivity index (χ2n) is 4.82. The molecule has 0 saturated heterocycles. The maximum Gasteiger partial charge on any atom is 0.326 e. The van der Waals surface area contributed by atoms with Crippen LogP contribution >= 0.6 is 0 Å². The summed E-state index contributed by atoms with van der Waals surface area (Å²) in [5, 5.41) is 16.9. The highest BCUT2D eigenvalue weighted by Crippen LogP contribution is 2.15. The number of amides is 2. The maximum absolute atomic E-state index is 11.9. The quantitative estimate of drug-likeness (QED) is 0.712. The van der Waals surface area contributed by atoms with Gasteiger partial charge in [-0.1, -0.05) is 30.3 Å². The van der Waals surface area contributed by atoms with E-state index in [0.717, 1.165) is 5.56 Å². The zero-order valence-electron chi connectivity index (χ0n) is 12.1. The normalized spacial score (nSPS) is 11.3. The standard InChI is InChI=1S/C16H15N3O4/c20-15(21)14(10-11-4-2-1-3-5-11)18-16(22)17-12-6-8-13(19-23)9-7-12/h1-9,14H,10H2,(H,20,21)(H2,17,18,22). The SMILES string of the molecule is O=Nc1ccc(NC(=O)NC(Cc2ccccc2)C(=O)O)cc1. The summed E-state index contributed by atoms with van der Waals surface area (Å²) < 4.78 is 0. The molecule has 7 heteroatoms. The molecule has 0 aromatic heterocycles. The fourth-order valence-electron chi connectivity index (χ4n) is 1.98. The van der Waals surface area contributed by atoms with Gasteiger partial charge >= 0.3 is 12.0 Å². The maximum atomic E-state index is 11.9. The number of carbonyl (C=O) groups is 2. The Balaban J connectivity index is 1.97. The molecule has 0 aliphatic heterocycles. The van der Waals surface area contributed by atoms with Crippen LogP contribution in [0.25, 0.3) is 0 Å². The molecule has 0 aliphatic carbocycles. The van der Waals surface area contributed by atoms with E-state index in [1.165, 1.54) is 24.3 Å². The summed E-state index contributed by atoms with van der Waals surface area (Å²) in [4.78, 5) is 33.5. The van der Waals surface area contributed by atoms with Crippen molar-refractivity contribution in [1.82, 2.24) is 5.32 Å². The lowest BCUT2D eigenvalue weighted by atomic mass is 10.1. The van der Waals surface area contributed by atoms with E-state index in [-0.39, 0.29) is 12.1 Å². The van der Waals surface area contributed by atoms with Crippen molar-refractivity contribution in [2.45, 2.75) is 12.5 Å². The Morgan fingerprint density at radius 1 is 1.04 bits per heavy atom. The second kappa shape index (κ2) is 7.69. The highest BCUT2D eigenvalue weighted by atomic mass is 16.4. The minimum atomic E-state index is -1.12. The Hall–Kier alpha value is -3.22. The van der Waals surface area contributed by atoms with E-state index >= 15 is 0 Å². The fraction of sp³-hybridized carbons (Fsp3) is 0.125. The van der Waals surface area contributed by atoms with Gasteiger partial charge in [-0.3, -0.25) is 0 Å². The van der Waals surface area contributed by atoms with Crippen LogP contribution in [0.1, 0.15) is 5.56 Å². The number of benzene rings is 2. The van der Waals surface area contributed by atoms with Crippen molar-refractivity contribution in [1.29, 1.82) is 0 Å². The van der Waals surface area contributed by atoms with Crippen LogP contribution in [-0.4, -0.2) is 23.1 Å². The summed E-state index contributed by atoms with van der Waals surface area (Å²) in [5.74, 6) is -1.12. The number of nitroso groups, excluding NO2 is 1. The molecular weight excluding hydrogens is 298 g/mol. The highest BCUT2D eigenvalue weighted by Gasteiger charge is 2.20. The predicted molar refractivity (Wildman–Crippen MR) is 85.6 cm³/mol. The Labute approximate surface area is 132 Å². The van der Waals surface area contributed by atoms with Crippen molar-refractivity contribution in [3.8, 4) is 0 Å². The molecule has 0 bridgehead atoms. The minimum absolute atomic E-state index is 0.178. The van der Waals surface area contributed by atoms with Crippen molar-refractivity contribution < 1.29 is 14.7 Å². The number of aliphatic carboxylic acids is 1. The topological polar surface area (TPSA) is 108 Å². The van der Waals surface area contributed by atoms with Crippen LogP contribution in [0.15, 0.2) is 59.8 Å². The van der Waals surface area contributed by atoms with Gasteiger partial charge in [0.15, 0.2) is 0 Å². The third-order valence-corrected chi connectivity index (χ3v) is 3.12. The van der Waals surface area contributed by atoms with Crippen molar-refractivity contribution in [2.75, 3.05) is 5.32 Å². The Morgan fingerprint density at radius 2 is 1.70 bits per heavy atom. The smallest absolute Gasteiger partial charge is 0.326 e. The first-order chi connectivity index (χ1) is 11.1. The summed E-state index contributed by atoms with van der Waals surface area (Å²) >= 11 is 0. The molecule has 0 aliphatic rings. The first-order valence-corrected chi connectivity index (χ1v) is 6.86. The van der Waals surface area contributed by atoms with Gasteiger partial charge in [-0.05, 0) is 35.0 Å². The summed E-state index contributed by atoms with van der Waals surface area (Å²) in [6.45, 7) is 0. The van der Waals surface area contributed by atoms with Crippen LogP contribution in [0.3, 0.4) is 0 Å². The van der Waals surface area contributed by atoms with E-state index in [4.69, 9.17) is 0 Å². The molecule has 0 radical (unpaired) electrons. The summed E-state index contributed by atoms with van der Waals surface area (Å²) in [6, 6.07) is 13.2. The van der Waals surface area contributed by atoms with E-state index in [1.807, 2.05) is 6.07 Å². The number of urea groups is 1. The van der Waals surface area contributed by atoms with Crippen LogP contribution in [0, 0.1) is 4.91 Å². The zero-order chi connectivity index (χ0) is 16.7. The number of hydrogen-bond acceptors (Lipinski definition) is 4. The van der Waals surface area contributed by atoms with Gasteiger partial charge in [-0.2, -0.15) is 0 Å². The molecule has 0 spiro atoms. The molecule has 23 heavy (non-hydrogen) atoms. The average Bonchev–Trinajstić information content (AvgIpc) is 2.56. The molecule has 7 nitrogen and oxygen atoms in total. The number of hydrogen-bond donors (Lipinski definition) is 3. The van der Waals surface area contributed by atoms with Gasteiger partial charge in [0, 0.05) is 12.1 Å². The lowest BCUT2D eigenvalue weighted by molar-refractivity contribution is -0.139. The molecule has 2 aromatic rings. The van der Waals surface area contributed by atoms with Gasteiger partial charge in [0.05, 0.1) is 0 Å². The lowest BCUT2D eigenvalue weighted by Crippen LogP contribution is -2.44. The van der Waals surface area contributed by atoms with Gasteiger partial charge in [-0.15, -0.1) is 4.91 Å². The average molecular weight is 313 g/mol. The summed E-state index contributed by atoms with van der Waals surface area (Å²) in [6.07, 6.45) is 0.178. The van der Waals surface area contributed by atoms with Crippen LogP contribution < -0.4 is 10.6 Å². The van der Waals surface area contributed by atoms with Crippen molar-refractivity contribution in [3.63, 3.8) is 0 Å². The molecule has 118 valence electrons. The third-order valence-electron chi connectivity index (χ3n) is 3.12. The van der Waals surface area contributed by atoms with Crippen LogP contribution in [0.2, 0.25) is 0 Å². The van der Waals surface area contributed by atoms with Crippen molar-refractivity contribution in [2.24, 2.45) is 5.18 Å². The number of carbonyl (C=O) groups excluding carboxylic acids is 1. The predicted octanol–water partition coefficient (Wildman–Crippen LogP) is 2.90. The second-order valence-corrected chi connectivity index (χ2v) is 4.82. The van der Waals surface area contributed by atoms with Crippen molar-refractivity contribution >= 4 is 23.4 Å². The van der Waals surface area contributed by atoms with Gasteiger partial charge in [0.25, 0.3) is 0 Å². The first kappa shape index (κ1) is 16.2. The van der Waals surface area contributed by atoms with E-state index in [0.29, 0.717) is 5.69 Å². The van der Waals surface area contributed by atoms with Gasteiger partial charge in [0.2, 0.25) is 0 Å². The summed E-state index contributed by atoms with van der Waals surface area (Å²) in [7, 11) is 0.